The molecule has 0 bridgehead atoms. The average molecular weight is 236 g/mol. The number of aromatic nitrogens is 3. The second kappa shape index (κ2) is 3.55. The lowest BCUT2D eigenvalue weighted by molar-refractivity contribution is 0.0784. The highest BCUT2D eigenvalue weighted by atomic mass is 32.1. The fourth-order valence-electron chi connectivity index (χ4n) is 2.11. The summed E-state index contributed by atoms with van der Waals surface area (Å²) in [4.78, 5) is 19.3. The Balaban J connectivity index is 2.06. The van der Waals surface area contributed by atoms with Crippen molar-refractivity contribution in [3.63, 3.8) is 0 Å². The summed E-state index contributed by atoms with van der Waals surface area (Å²) >= 11 is 1.45. The van der Waals surface area contributed by atoms with Crippen LogP contribution in [0.2, 0.25) is 0 Å². The first kappa shape index (κ1) is 9.77. The van der Waals surface area contributed by atoms with Crippen molar-refractivity contribution in [1.29, 1.82) is 0 Å². The fourth-order valence-corrected chi connectivity index (χ4v) is 2.77. The van der Waals surface area contributed by atoms with Gasteiger partial charge in [0, 0.05) is 13.1 Å². The van der Waals surface area contributed by atoms with E-state index >= 15 is 0 Å². The third-order valence-corrected chi connectivity index (χ3v) is 3.59. The zero-order chi connectivity index (χ0) is 11.1. The van der Waals surface area contributed by atoms with Crippen molar-refractivity contribution < 1.29 is 4.79 Å². The summed E-state index contributed by atoms with van der Waals surface area (Å²) in [5.41, 5.74) is 3.11. The van der Waals surface area contributed by atoms with Crippen LogP contribution in [0.25, 0.3) is 4.96 Å². The van der Waals surface area contributed by atoms with Gasteiger partial charge in [-0.1, -0.05) is 11.3 Å². The number of hydrogen-bond donors (Lipinski definition) is 0. The molecule has 0 spiro atoms. The predicted octanol–water partition coefficient (Wildman–Crippen LogP) is 1.34. The van der Waals surface area contributed by atoms with E-state index in [0.717, 1.165) is 36.6 Å². The molecule has 2 aromatic heterocycles. The van der Waals surface area contributed by atoms with E-state index in [1.54, 1.807) is 10.0 Å². The summed E-state index contributed by atoms with van der Waals surface area (Å²) in [5.74, 6) is 0.0633. The molecule has 84 valence electrons. The minimum Gasteiger partial charge on any atom is -0.337 e. The summed E-state index contributed by atoms with van der Waals surface area (Å²) in [5, 5.41) is 4.16. The maximum atomic E-state index is 12.3. The fraction of sp³-hybridized carbons (Fsp3) is 0.500. The van der Waals surface area contributed by atoms with Crippen molar-refractivity contribution in [2.45, 2.75) is 19.8 Å². The first-order valence-electron chi connectivity index (χ1n) is 5.35. The summed E-state index contributed by atoms with van der Waals surface area (Å²) in [7, 11) is 0. The number of aryl methyl sites for hydroxylation is 1. The van der Waals surface area contributed by atoms with Gasteiger partial charge in [-0.25, -0.2) is 4.98 Å². The molecule has 5 nitrogen and oxygen atoms in total. The number of rotatable bonds is 1. The topological polar surface area (TPSA) is 50.5 Å². The van der Waals surface area contributed by atoms with E-state index in [1.165, 1.54) is 11.3 Å². The number of hydrogen-bond acceptors (Lipinski definition) is 4. The molecule has 1 aliphatic rings. The van der Waals surface area contributed by atoms with Gasteiger partial charge in [0.1, 0.15) is 5.51 Å². The normalized spacial score (nSPS) is 16.2. The van der Waals surface area contributed by atoms with Gasteiger partial charge in [-0.15, -0.1) is 0 Å². The van der Waals surface area contributed by atoms with E-state index in [-0.39, 0.29) is 5.91 Å². The molecule has 1 amide bonds. The Labute approximate surface area is 96.7 Å². The standard InChI is InChI=1S/C10H12N4OS/c1-7-8(9(15)13-4-2-3-5-13)14-10(12-7)16-6-11-14/h6H,2-5H2,1H3. The summed E-state index contributed by atoms with van der Waals surface area (Å²) in [6, 6.07) is 0. The molecule has 0 aliphatic carbocycles. The van der Waals surface area contributed by atoms with Crippen LogP contribution in [0, 0.1) is 6.92 Å². The Morgan fingerprint density at radius 3 is 2.94 bits per heavy atom. The second-order valence-electron chi connectivity index (χ2n) is 3.98. The first-order valence-corrected chi connectivity index (χ1v) is 6.23. The zero-order valence-corrected chi connectivity index (χ0v) is 9.83. The van der Waals surface area contributed by atoms with Crippen LogP contribution in [-0.4, -0.2) is 38.5 Å². The molecule has 0 radical (unpaired) electrons. The van der Waals surface area contributed by atoms with Crippen LogP contribution in [0.5, 0.6) is 0 Å². The van der Waals surface area contributed by atoms with E-state index in [2.05, 4.69) is 10.1 Å². The third kappa shape index (κ3) is 1.33. The van der Waals surface area contributed by atoms with E-state index in [4.69, 9.17) is 0 Å². The van der Waals surface area contributed by atoms with Gasteiger partial charge in [0.15, 0.2) is 5.69 Å². The van der Waals surface area contributed by atoms with Crippen molar-refractivity contribution in [2.24, 2.45) is 0 Å². The van der Waals surface area contributed by atoms with Crippen molar-refractivity contribution in [2.75, 3.05) is 13.1 Å². The van der Waals surface area contributed by atoms with Crippen LogP contribution in [0.3, 0.4) is 0 Å². The van der Waals surface area contributed by atoms with Gasteiger partial charge in [-0.05, 0) is 19.8 Å². The van der Waals surface area contributed by atoms with E-state index < -0.39 is 0 Å². The molecule has 3 rings (SSSR count). The van der Waals surface area contributed by atoms with Crippen molar-refractivity contribution in [1.82, 2.24) is 19.5 Å². The number of nitrogens with zero attached hydrogens (tertiary/aromatic N) is 4. The molecular formula is C10H12N4OS. The lowest BCUT2D eigenvalue weighted by Crippen LogP contribution is -2.29. The second-order valence-corrected chi connectivity index (χ2v) is 4.79. The quantitative estimate of drug-likeness (QED) is 0.750. The number of carbonyl (C=O) groups is 1. The smallest absolute Gasteiger partial charge is 0.274 e. The van der Waals surface area contributed by atoms with E-state index in [0.29, 0.717) is 5.69 Å². The van der Waals surface area contributed by atoms with Gasteiger partial charge in [-0.2, -0.15) is 9.61 Å². The molecule has 0 atom stereocenters. The van der Waals surface area contributed by atoms with Crippen molar-refractivity contribution in [3.05, 3.63) is 16.9 Å². The molecule has 1 saturated heterocycles. The van der Waals surface area contributed by atoms with Crippen molar-refractivity contribution >= 4 is 22.2 Å². The number of amides is 1. The molecular weight excluding hydrogens is 224 g/mol. The molecule has 1 fully saturated rings. The average Bonchev–Trinajstić information content (AvgIpc) is 2.89. The SMILES string of the molecule is Cc1nc2scnn2c1C(=O)N1CCCC1. The Bertz CT molecular complexity index is 538. The molecule has 0 aromatic carbocycles. The van der Waals surface area contributed by atoms with Crippen LogP contribution in [0.15, 0.2) is 5.51 Å². The van der Waals surface area contributed by atoms with Crippen LogP contribution >= 0.6 is 11.3 Å². The summed E-state index contributed by atoms with van der Waals surface area (Å²) < 4.78 is 1.65. The molecule has 0 unspecified atom stereocenters. The van der Waals surface area contributed by atoms with Crippen LogP contribution < -0.4 is 0 Å². The summed E-state index contributed by atoms with van der Waals surface area (Å²) in [6.07, 6.45) is 2.20. The van der Waals surface area contributed by atoms with Gasteiger partial charge in [-0.3, -0.25) is 4.79 Å². The lowest BCUT2D eigenvalue weighted by Gasteiger charge is -2.14. The zero-order valence-electron chi connectivity index (χ0n) is 9.01. The Hall–Kier alpha value is -1.43. The molecule has 3 heterocycles. The molecule has 0 saturated carbocycles. The minimum absolute atomic E-state index is 0.0633. The Morgan fingerprint density at radius 1 is 1.44 bits per heavy atom. The largest absolute Gasteiger partial charge is 0.337 e. The number of imidazole rings is 1. The Kier molecular flexibility index (Phi) is 2.17. The van der Waals surface area contributed by atoms with E-state index in [9.17, 15) is 4.79 Å². The van der Waals surface area contributed by atoms with Crippen LogP contribution in [0.1, 0.15) is 29.0 Å². The van der Waals surface area contributed by atoms with Crippen LogP contribution in [0.4, 0.5) is 0 Å². The van der Waals surface area contributed by atoms with Gasteiger partial charge in [0.05, 0.1) is 5.69 Å². The number of carbonyl (C=O) groups excluding carboxylic acids is 1. The lowest BCUT2D eigenvalue weighted by atomic mass is 10.3. The predicted molar refractivity (Wildman–Crippen MR) is 60.7 cm³/mol. The maximum absolute atomic E-state index is 12.3. The molecule has 0 N–H and O–H groups in total. The third-order valence-electron chi connectivity index (χ3n) is 2.92. The van der Waals surface area contributed by atoms with Gasteiger partial charge >= 0.3 is 0 Å². The maximum Gasteiger partial charge on any atom is 0.274 e. The van der Waals surface area contributed by atoms with Gasteiger partial charge < -0.3 is 4.90 Å². The van der Waals surface area contributed by atoms with E-state index in [1.807, 2.05) is 11.8 Å². The molecule has 2 aromatic rings. The van der Waals surface area contributed by atoms with Crippen molar-refractivity contribution in [3.8, 4) is 0 Å². The molecule has 1 aliphatic heterocycles. The monoisotopic (exact) mass is 236 g/mol. The number of likely N-dealkylation sites (tertiary alicyclic amines) is 1. The molecule has 16 heavy (non-hydrogen) atoms. The minimum atomic E-state index is 0.0633. The Morgan fingerprint density at radius 2 is 2.19 bits per heavy atom. The first-order chi connectivity index (χ1) is 7.77. The highest BCUT2D eigenvalue weighted by Crippen LogP contribution is 2.18. The number of fused-ring (bicyclic) bond motifs is 1. The summed E-state index contributed by atoms with van der Waals surface area (Å²) in [6.45, 7) is 3.58. The highest BCUT2D eigenvalue weighted by Gasteiger charge is 2.25. The van der Waals surface area contributed by atoms with Gasteiger partial charge in [0.2, 0.25) is 4.96 Å². The van der Waals surface area contributed by atoms with Crippen LogP contribution in [-0.2, 0) is 0 Å². The van der Waals surface area contributed by atoms with Gasteiger partial charge in [0.25, 0.3) is 5.91 Å². The highest BCUT2D eigenvalue weighted by molar-refractivity contribution is 7.14. The molecule has 6 heteroatoms.